The lowest BCUT2D eigenvalue weighted by atomic mass is 10.1. The number of hydrogen-bond donors (Lipinski definition) is 1. The molecule has 0 spiro atoms. The number of hydroxylamine groups is 1. The van der Waals surface area contributed by atoms with Crippen LogP contribution in [0.4, 0.5) is 0 Å². The van der Waals surface area contributed by atoms with Crippen LogP contribution in [0.15, 0.2) is 48.7 Å². The Kier molecular flexibility index (Phi) is 4.64. The molecule has 0 unspecified atom stereocenters. The van der Waals surface area contributed by atoms with Gasteiger partial charge in [0.05, 0.1) is 12.1 Å². The molecule has 4 heteroatoms. The molecule has 0 bridgehead atoms. The quantitative estimate of drug-likeness (QED) is 0.834. The topological polar surface area (TPSA) is 51.2 Å². The SMILES string of the molecule is Cc1ccc(CC(=O)NOCc2ccccn2)cc1. The third kappa shape index (κ3) is 4.52. The highest BCUT2D eigenvalue weighted by atomic mass is 16.6. The molecule has 2 aromatic rings. The van der Waals surface area contributed by atoms with Gasteiger partial charge in [0.25, 0.3) is 0 Å². The van der Waals surface area contributed by atoms with Crippen LogP contribution in [0.1, 0.15) is 16.8 Å². The summed E-state index contributed by atoms with van der Waals surface area (Å²) < 4.78 is 0. The zero-order valence-corrected chi connectivity index (χ0v) is 10.8. The van der Waals surface area contributed by atoms with Crippen LogP contribution in [-0.2, 0) is 22.7 Å². The van der Waals surface area contributed by atoms with E-state index in [0.29, 0.717) is 6.42 Å². The van der Waals surface area contributed by atoms with Crippen LogP contribution in [0.2, 0.25) is 0 Å². The number of benzene rings is 1. The molecule has 1 amide bonds. The van der Waals surface area contributed by atoms with Crippen molar-refractivity contribution in [3.05, 3.63) is 65.5 Å². The summed E-state index contributed by atoms with van der Waals surface area (Å²) in [5.74, 6) is -0.167. The second kappa shape index (κ2) is 6.66. The van der Waals surface area contributed by atoms with E-state index < -0.39 is 0 Å². The molecule has 98 valence electrons. The first-order valence-electron chi connectivity index (χ1n) is 6.10. The summed E-state index contributed by atoms with van der Waals surface area (Å²) in [4.78, 5) is 20.8. The second-order valence-corrected chi connectivity index (χ2v) is 4.30. The maximum atomic E-state index is 11.6. The van der Waals surface area contributed by atoms with Gasteiger partial charge < -0.3 is 0 Å². The van der Waals surface area contributed by atoms with Gasteiger partial charge in [-0.15, -0.1) is 0 Å². The summed E-state index contributed by atoms with van der Waals surface area (Å²) in [5.41, 5.74) is 5.33. The molecule has 0 atom stereocenters. The molecule has 0 fully saturated rings. The highest BCUT2D eigenvalue weighted by Crippen LogP contribution is 2.03. The Labute approximate surface area is 112 Å². The van der Waals surface area contributed by atoms with Crippen molar-refractivity contribution in [3.8, 4) is 0 Å². The van der Waals surface area contributed by atoms with Gasteiger partial charge in [-0.1, -0.05) is 35.9 Å². The average molecular weight is 256 g/mol. The fourth-order valence-electron chi connectivity index (χ4n) is 1.60. The van der Waals surface area contributed by atoms with Crippen LogP contribution in [-0.4, -0.2) is 10.9 Å². The molecule has 0 radical (unpaired) electrons. The van der Waals surface area contributed by atoms with Gasteiger partial charge in [-0.3, -0.25) is 14.6 Å². The van der Waals surface area contributed by atoms with Crippen molar-refractivity contribution in [2.45, 2.75) is 20.0 Å². The minimum absolute atomic E-state index is 0.167. The van der Waals surface area contributed by atoms with E-state index in [0.717, 1.165) is 11.3 Å². The van der Waals surface area contributed by atoms with E-state index in [4.69, 9.17) is 4.84 Å². The highest BCUT2D eigenvalue weighted by molar-refractivity contribution is 5.77. The summed E-state index contributed by atoms with van der Waals surface area (Å²) in [6, 6.07) is 13.4. The lowest BCUT2D eigenvalue weighted by Crippen LogP contribution is -2.25. The van der Waals surface area contributed by atoms with E-state index in [-0.39, 0.29) is 12.5 Å². The number of pyridine rings is 1. The third-order valence-electron chi connectivity index (χ3n) is 2.62. The van der Waals surface area contributed by atoms with Gasteiger partial charge in [0.1, 0.15) is 6.61 Å². The smallest absolute Gasteiger partial charge is 0.247 e. The van der Waals surface area contributed by atoms with Crippen LogP contribution in [0, 0.1) is 6.92 Å². The molecule has 0 saturated heterocycles. The van der Waals surface area contributed by atoms with Crippen molar-refractivity contribution < 1.29 is 9.63 Å². The minimum atomic E-state index is -0.167. The zero-order chi connectivity index (χ0) is 13.5. The van der Waals surface area contributed by atoms with Crippen LogP contribution in [0.3, 0.4) is 0 Å². The number of hydrogen-bond acceptors (Lipinski definition) is 3. The first-order valence-corrected chi connectivity index (χ1v) is 6.10. The summed E-state index contributed by atoms with van der Waals surface area (Å²) in [6.07, 6.45) is 2.00. The van der Waals surface area contributed by atoms with Crippen molar-refractivity contribution >= 4 is 5.91 Å². The molecular formula is C15H16N2O2. The third-order valence-corrected chi connectivity index (χ3v) is 2.62. The van der Waals surface area contributed by atoms with Crippen molar-refractivity contribution in [1.82, 2.24) is 10.5 Å². The molecule has 1 N–H and O–H groups in total. The molecule has 19 heavy (non-hydrogen) atoms. The minimum Gasteiger partial charge on any atom is -0.272 e. The Morgan fingerprint density at radius 3 is 2.68 bits per heavy atom. The normalized spacial score (nSPS) is 10.2. The predicted octanol–water partition coefficient (Wildman–Crippen LogP) is 2.18. The van der Waals surface area contributed by atoms with E-state index in [1.54, 1.807) is 6.20 Å². The number of amides is 1. The van der Waals surface area contributed by atoms with Gasteiger partial charge in [-0.05, 0) is 24.6 Å². The Morgan fingerprint density at radius 2 is 2.00 bits per heavy atom. The van der Waals surface area contributed by atoms with E-state index in [9.17, 15) is 4.79 Å². The van der Waals surface area contributed by atoms with Crippen molar-refractivity contribution in [2.24, 2.45) is 0 Å². The molecule has 2 rings (SSSR count). The number of rotatable bonds is 5. The Bertz CT molecular complexity index is 524. The monoisotopic (exact) mass is 256 g/mol. The van der Waals surface area contributed by atoms with Crippen LogP contribution in [0.25, 0.3) is 0 Å². The van der Waals surface area contributed by atoms with Crippen LogP contribution >= 0.6 is 0 Å². The first kappa shape index (κ1) is 13.2. The molecular weight excluding hydrogens is 240 g/mol. The number of aryl methyl sites for hydroxylation is 1. The van der Waals surface area contributed by atoms with E-state index >= 15 is 0 Å². The zero-order valence-electron chi connectivity index (χ0n) is 10.8. The van der Waals surface area contributed by atoms with E-state index in [2.05, 4.69) is 10.5 Å². The molecule has 4 nitrogen and oxygen atoms in total. The number of nitrogens with one attached hydrogen (secondary N) is 1. The molecule has 1 aromatic heterocycles. The summed E-state index contributed by atoms with van der Waals surface area (Å²) in [6.45, 7) is 2.28. The predicted molar refractivity (Wildman–Crippen MR) is 72.1 cm³/mol. The van der Waals surface area contributed by atoms with Crippen molar-refractivity contribution in [2.75, 3.05) is 0 Å². The van der Waals surface area contributed by atoms with Gasteiger partial charge in [-0.25, -0.2) is 5.48 Å². The Balaban J connectivity index is 1.74. The van der Waals surface area contributed by atoms with Gasteiger partial charge in [0, 0.05) is 6.20 Å². The van der Waals surface area contributed by atoms with Gasteiger partial charge in [0.15, 0.2) is 0 Å². The lowest BCUT2D eigenvalue weighted by Gasteiger charge is -2.05. The molecule has 1 aromatic carbocycles. The standard InChI is InChI=1S/C15H16N2O2/c1-12-5-7-13(8-6-12)10-15(18)17-19-11-14-4-2-3-9-16-14/h2-9H,10-11H2,1H3,(H,17,18). The van der Waals surface area contributed by atoms with E-state index in [1.165, 1.54) is 5.56 Å². The van der Waals surface area contributed by atoms with Crippen molar-refractivity contribution in [3.63, 3.8) is 0 Å². The molecule has 0 saturated carbocycles. The van der Waals surface area contributed by atoms with Gasteiger partial charge in [0.2, 0.25) is 5.91 Å². The maximum absolute atomic E-state index is 11.6. The molecule has 1 heterocycles. The lowest BCUT2D eigenvalue weighted by molar-refractivity contribution is -0.133. The summed E-state index contributed by atoms with van der Waals surface area (Å²) >= 11 is 0. The number of carbonyl (C=O) groups is 1. The summed E-state index contributed by atoms with van der Waals surface area (Å²) in [5, 5.41) is 0. The fourth-order valence-corrected chi connectivity index (χ4v) is 1.60. The fraction of sp³-hybridized carbons (Fsp3) is 0.200. The molecule has 0 aliphatic carbocycles. The van der Waals surface area contributed by atoms with E-state index in [1.807, 2.05) is 49.4 Å². The Hall–Kier alpha value is -2.20. The van der Waals surface area contributed by atoms with Crippen molar-refractivity contribution in [1.29, 1.82) is 0 Å². The Morgan fingerprint density at radius 1 is 1.21 bits per heavy atom. The van der Waals surface area contributed by atoms with Crippen LogP contribution < -0.4 is 5.48 Å². The number of carbonyl (C=O) groups excluding carboxylic acids is 1. The maximum Gasteiger partial charge on any atom is 0.247 e. The largest absolute Gasteiger partial charge is 0.272 e. The molecule has 0 aliphatic heterocycles. The number of nitrogens with zero attached hydrogens (tertiary/aromatic N) is 1. The second-order valence-electron chi connectivity index (χ2n) is 4.30. The van der Waals surface area contributed by atoms with Crippen LogP contribution in [0.5, 0.6) is 0 Å². The summed E-state index contributed by atoms with van der Waals surface area (Å²) in [7, 11) is 0. The first-order chi connectivity index (χ1) is 9.24. The van der Waals surface area contributed by atoms with Gasteiger partial charge >= 0.3 is 0 Å². The number of aromatic nitrogens is 1. The molecule has 0 aliphatic rings. The van der Waals surface area contributed by atoms with Gasteiger partial charge in [-0.2, -0.15) is 0 Å². The highest BCUT2D eigenvalue weighted by Gasteiger charge is 2.03. The average Bonchev–Trinajstić information content (AvgIpc) is 2.43.